The Bertz CT molecular complexity index is 1540. The minimum absolute atomic E-state index is 0.0408. The molecular weight excluding hydrogens is 603 g/mol. The van der Waals surface area contributed by atoms with Gasteiger partial charge in [0.1, 0.15) is 23.1 Å². The van der Waals surface area contributed by atoms with E-state index in [1.54, 1.807) is 25.3 Å². The van der Waals surface area contributed by atoms with Crippen molar-refractivity contribution in [2.75, 3.05) is 20.3 Å². The van der Waals surface area contributed by atoms with E-state index >= 15 is 0 Å². The van der Waals surface area contributed by atoms with E-state index in [4.69, 9.17) is 52.6 Å². The van der Waals surface area contributed by atoms with Crippen molar-refractivity contribution in [2.24, 2.45) is 5.73 Å². The zero-order valence-electron chi connectivity index (χ0n) is 25.1. The first-order valence-electron chi connectivity index (χ1n) is 14.7. The molecule has 8 nitrogen and oxygen atoms in total. The van der Waals surface area contributed by atoms with Gasteiger partial charge in [0.25, 0.3) is 0 Å². The molecule has 0 saturated carbocycles. The van der Waals surface area contributed by atoms with Crippen molar-refractivity contribution in [3.05, 3.63) is 86.7 Å². The highest BCUT2D eigenvalue weighted by Crippen LogP contribution is 2.45. The summed E-state index contributed by atoms with van der Waals surface area (Å²) in [6.07, 6.45) is 6.18. The number of nitrogens with two attached hydrogens (primary N) is 1. The molecular formula is C34H36Cl2N2O6. The van der Waals surface area contributed by atoms with Crippen molar-refractivity contribution in [3.8, 4) is 34.8 Å². The summed E-state index contributed by atoms with van der Waals surface area (Å²) in [5, 5.41) is 10.4. The van der Waals surface area contributed by atoms with E-state index < -0.39 is 11.9 Å². The summed E-state index contributed by atoms with van der Waals surface area (Å²) in [6.45, 7) is 5.26. The Balaban J connectivity index is 1.57. The van der Waals surface area contributed by atoms with Crippen LogP contribution < -0.4 is 29.4 Å². The number of ether oxygens (including phenoxy) is 5. The molecule has 0 aliphatic carbocycles. The van der Waals surface area contributed by atoms with Gasteiger partial charge in [-0.1, -0.05) is 74.9 Å². The van der Waals surface area contributed by atoms with Crippen LogP contribution in [0.15, 0.2) is 60.0 Å². The molecule has 1 aliphatic rings. The van der Waals surface area contributed by atoms with E-state index in [0.717, 1.165) is 37.7 Å². The van der Waals surface area contributed by atoms with Gasteiger partial charge in [0.2, 0.25) is 5.88 Å². The van der Waals surface area contributed by atoms with Crippen molar-refractivity contribution in [2.45, 2.75) is 58.3 Å². The van der Waals surface area contributed by atoms with E-state index in [0.29, 0.717) is 41.8 Å². The van der Waals surface area contributed by atoms with Crippen LogP contribution in [-0.2, 0) is 0 Å². The Morgan fingerprint density at radius 3 is 2.34 bits per heavy atom. The number of hydrogen-bond acceptors (Lipinski definition) is 8. The Morgan fingerprint density at radius 1 is 0.932 bits per heavy atom. The van der Waals surface area contributed by atoms with Crippen LogP contribution in [0.5, 0.6) is 28.7 Å². The molecule has 1 heterocycles. The molecule has 3 aromatic rings. The standard InChI is InChI=1S/C34H36Cl2N2O6/c1-4-6-8-9-15-41-28-13-10-21(18-30(28)40-3)31-24-12-11-23(19-29(24)44-33(38)25(31)20-37)43-34(39)22-16-26(35)32(27(36)17-22)42-14-7-5-2/h10-13,16-19,31H,4-9,14-15,38H2,1-3H3. The van der Waals surface area contributed by atoms with Crippen LogP contribution in [0.3, 0.4) is 0 Å². The molecule has 10 heteroatoms. The molecule has 0 aromatic heterocycles. The number of nitriles is 1. The first kappa shape index (κ1) is 32.8. The summed E-state index contributed by atoms with van der Waals surface area (Å²) in [5.74, 6) is 0.802. The SMILES string of the molecule is CCCCCCOc1ccc(C2C(C#N)=C(N)Oc3cc(OC(=O)c4cc(Cl)c(OCCCC)c(Cl)c4)ccc32)cc1OC. The fourth-order valence-corrected chi connectivity index (χ4v) is 5.43. The molecule has 0 spiro atoms. The average molecular weight is 640 g/mol. The number of allylic oxidation sites excluding steroid dienone is 1. The fraction of sp³-hybridized carbons (Fsp3) is 0.353. The number of esters is 1. The van der Waals surface area contributed by atoms with Crippen LogP contribution in [0.1, 0.15) is 79.8 Å². The predicted molar refractivity (Wildman–Crippen MR) is 170 cm³/mol. The van der Waals surface area contributed by atoms with Gasteiger partial charge in [-0.3, -0.25) is 0 Å². The molecule has 0 bridgehead atoms. The molecule has 0 saturated heterocycles. The van der Waals surface area contributed by atoms with Crippen LogP contribution in [0.4, 0.5) is 0 Å². The second-order valence-corrected chi connectivity index (χ2v) is 11.1. The maximum atomic E-state index is 13.0. The number of rotatable bonds is 14. The summed E-state index contributed by atoms with van der Waals surface area (Å²) < 4.78 is 28.7. The van der Waals surface area contributed by atoms with Crippen LogP contribution in [-0.4, -0.2) is 26.3 Å². The molecule has 3 aromatic carbocycles. The number of carbonyl (C=O) groups excluding carboxylic acids is 1. The second kappa shape index (κ2) is 15.6. The Hall–Kier alpha value is -4.06. The normalized spacial score (nSPS) is 13.9. The minimum atomic E-state index is -0.669. The summed E-state index contributed by atoms with van der Waals surface area (Å²) in [6, 6.07) is 15.6. The van der Waals surface area contributed by atoms with Gasteiger partial charge in [-0.25, -0.2) is 4.79 Å². The van der Waals surface area contributed by atoms with Gasteiger partial charge in [-0.05, 0) is 48.7 Å². The lowest BCUT2D eigenvalue weighted by atomic mass is 9.83. The van der Waals surface area contributed by atoms with Crippen LogP contribution >= 0.6 is 23.2 Å². The first-order chi connectivity index (χ1) is 21.3. The molecule has 0 radical (unpaired) electrons. The number of benzene rings is 3. The van der Waals surface area contributed by atoms with Crippen LogP contribution in [0, 0.1) is 11.3 Å². The topological polar surface area (TPSA) is 113 Å². The molecule has 4 rings (SSSR count). The highest BCUT2D eigenvalue weighted by atomic mass is 35.5. The lowest BCUT2D eigenvalue weighted by Crippen LogP contribution is -2.21. The molecule has 2 N–H and O–H groups in total. The highest BCUT2D eigenvalue weighted by molar-refractivity contribution is 6.37. The van der Waals surface area contributed by atoms with Gasteiger partial charge in [0.15, 0.2) is 17.2 Å². The van der Waals surface area contributed by atoms with E-state index in [-0.39, 0.29) is 32.8 Å². The number of methoxy groups -OCH3 is 1. The van der Waals surface area contributed by atoms with E-state index in [1.807, 2.05) is 25.1 Å². The van der Waals surface area contributed by atoms with Crippen LogP contribution in [0.2, 0.25) is 10.0 Å². The molecule has 0 amide bonds. The smallest absolute Gasteiger partial charge is 0.343 e. The Morgan fingerprint density at radius 2 is 1.66 bits per heavy atom. The zero-order valence-corrected chi connectivity index (χ0v) is 26.6. The highest BCUT2D eigenvalue weighted by Gasteiger charge is 2.32. The lowest BCUT2D eigenvalue weighted by molar-refractivity contribution is 0.0734. The molecule has 0 fully saturated rings. The number of halogens is 2. The van der Waals surface area contributed by atoms with Crippen molar-refractivity contribution in [3.63, 3.8) is 0 Å². The molecule has 1 atom stereocenters. The van der Waals surface area contributed by atoms with Crippen molar-refractivity contribution in [1.82, 2.24) is 0 Å². The molecule has 1 aliphatic heterocycles. The summed E-state index contributed by atoms with van der Waals surface area (Å²) >= 11 is 12.7. The van der Waals surface area contributed by atoms with E-state index in [1.165, 1.54) is 18.6 Å². The fourth-order valence-electron chi connectivity index (χ4n) is 4.84. The average Bonchev–Trinajstić information content (AvgIpc) is 3.01. The lowest BCUT2D eigenvalue weighted by Gasteiger charge is -2.27. The number of hydrogen-bond donors (Lipinski definition) is 1. The minimum Gasteiger partial charge on any atom is -0.493 e. The number of carbonyl (C=O) groups is 1. The van der Waals surface area contributed by atoms with Gasteiger partial charge in [0, 0.05) is 11.6 Å². The van der Waals surface area contributed by atoms with Gasteiger partial charge in [-0.2, -0.15) is 5.26 Å². The van der Waals surface area contributed by atoms with E-state index in [9.17, 15) is 10.1 Å². The molecule has 1 unspecified atom stereocenters. The Kier molecular flexibility index (Phi) is 11.6. The first-order valence-corrected chi connectivity index (χ1v) is 15.4. The molecule has 44 heavy (non-hydrogen) atoms. The molecule has 232 valence electrons. The van der Waals surface area contributed by atoms with Crippen molar-refractivity contribution < 1.29 is 28.5 Å². The Labute approximate surface area is 268 Å². The summed E-state index contributed by atoms with van der Waals surface area (Å²) in [4.78, 5) is 13.0. The monoisotopic (exact) mass is 638 g/mol. The van der Waals surface area contributed by atoms with Crippen molar-refractivity contribution >= 4 is 29.2 Å². The zero-order chi connectivity index (χ0) is 31.6. The third kappa shape index (κ3) is 7.71. The number of fused-ring (bicyclic) bond motifs is 1. The maximum Gasteiger partial charge on any atom is 0.343 e. The third-order valence-corrected chi connectivity index (χ3v) is 7.72. The quantitative estimate of drug-likeness (QED) is 0.106. The van der Waals surface area contributed by atoms with Gasteiger partial charge >= 0.3 is 5.97 Å². The van der Waals surface area contributed by atoms with Crippen molar-refractivity contribution in [1.29, 1.82) is 5.26 Å². The van der Waals surface area contributed by atoms with Crippen LogP contribution in [0.25, 0.3) is 0 Å². The number of unbranched alkanes of at least 4 members (excludes halogenated alkanes) is 4. The van der Waals surface area contributed by atoms with E-state index in [2.05, 4.69) is 13.0 Å². The third-order valence-electron chi connectivity index (χ3n) is 7.16. The summed E-state index contributed by atoms with van der Waals surface area (Å²) in [7, 11) is 1.57. The maximum absolute atomic E-state index is 13.0. The summed E-state index contributed by atoms with van der Waals surface area (Å²) in [5.41, 5.74) is 8.05. The van der Waals surface area contributed by atoms with Gasteiger partial charge in [0.05, 0.1) is 41.9 Å². The van der Waals surface area contributed by atoms with Gasteiger partial charge in [-0.15, -0.1) is 0 Å². The predicted octanol–water partition coefficient (Wildman–Crippen LogP) is 8.58. The number of nitrogens with zero attached hydrogens (tertiary/aromatic N) is 1. The second-order valence-electron chi connectivity index (χ2n) is 10.3. The van der Waals surface area contributed by atoms with Gasteiger partial charge < -0.3 is 29.4 Å². The largest absolute Gasteiger partial charge is 0.493 e.